The molecule has 2 rings (SSSR count). The van der Waals surface area contributed by atoms with E-state index in [4.69, 9.17) is 9.47 Å². The SMILES string of the molecule is CCOc1ccc(C(=O)Nc2cc(C)nn2C)cc1OC. The molecule has 1 aromatic carbocycles. The molecule has 0 saturated carbocycles. The number of aryl methyl sites for hydroxylation is 2. The molecule has 1 amide bonds. The first-order chi connectivity index (χ1) is 10.0. The van der Waals surface area contributed by atoms with E-state index < -0.39 is 0 Å². The van der Waals surface area contributed by atoms with E-state index in [0.717, 1.165) is 5.69 Å². The second-order valence-corrected chi connectivity index (χ2v) is 4.55. The summed E-state index contributed by atoms with van der Waals surface area (Å²) in [6.45, 7) is 4.30. The van der Waals surface area contributed by atoms with Crippen molar-refractivity contribution in [3.05, 3.63) is 35.5 Å². The molecule has 0 aliphatic rings. The molecule has 0 bridgehead atoms. The van der Waals surface area contributed by atoms with Crippen molar-refractivity contribution in [3.8, 4) is 11.5 Å². The molecule has 0 saturated heterocycles. The van der Waals surface area contributed by atoms with Gasteiger partial charge in [0.05, 0.1) is 19.4 Å². The molecule has 2 aromatic rings. The molecule has 6 nitrogen and oxygen atoms in total. The van der Waals surface area contributed by atoms with Crippen molar-refractivity contribution in [1.82, 2.24) is 9.78 Å². The van der Waals surface area contributed by atoms with Crippen molar-refractivity contribution >= 4 is 11.7 Å². The van der Waals surface area contributed by atoms with E-state index in [2.05, 4.69) is 10.4 Å². The molecule has 1 N–H and O–H groups in total. The third-order valence-electron chi connectivity index (χ3n) is 2.97. The van der Waals surface area contributed by atoms with Crippen molar-refractivity contribution in [2.24, 2.45) is 7.05 Å². The van der Waals surface area contributed by atoms with Crippen LogP contribution in [0.2, 0.25) is 0 Å². The minimum absolute atomic E-state index is 0.223. The first kappa shape index (κ1) is 14.9. The van der Waals surface area contributed by atoms with Gasteiger partial charge in [-0.25, -0.2) is 0 Å². The predicted octanol–water partition coefficient (Wildman–Crippen LogP) is 2.39. The Bertz CT molecular complexity index is 650. The van der Waals surface area contributed by atoms with Crippen LogP contribution in [0.25, 0.3) is 0 Å². The largest absolute Gasteiger partial charge is 0.493 e. The van der Waals surface area contributed by atoms with E-state index >= 15 is 0 Å². The number of methoxy groups -OCH3 is 1. The van der Waals surface area contributed by atoms with Gasteiger partial charge in [0.15, 0.2) is 11.5 Å². The van der Waals surface area contributed by atoms with Crippen LogP contribution in [0.1, 0.15) is 23.0 Å². The number of amides is 1. The number of nitrogens with one attached hydrogen (secondary N) is 1. The molecule has 6 heteroatoms. The highest BCUT2D eigenvalue weighted by molar-refractivity contribution is 6.04. The van der Waals surface area contributed by atoms with Crippen molar-refractivity contribution in [2.45, 2.75) is 13.8 Å². The van der Waals surface area contributed by atoms with Crippen molar-refractivity contribution < 1.29 is 14.3 Å². The van der Waals surface area contributed by atoms with Crippen LogP contribution in [0, 0.1) is 6.92 Å². The smallest absolute Gasteiger partial charge is 0.256 e. The van der Waals surface area contributed by atoms with Crippen LogP contribution < -0.4 is 14.8 Å². The van der Waals surface area contributed by atoms with Gasteiger partial charge < -0.3 is 14.8 Å². The summed E-state index contributed by atoms with van der Waals surface area (Å²) in [6, 6.07) is 6.89. The summed E-state index contributed by atoms with van der Waals surface area (Å²) in [7, 11) is 3.32. The van der Waals surface area contributed by atoms with Gasteiger partial charge in [-0.1, -0.05) is 0 Å². The number of carbonyl (C=O) groups excluding carboxylic acids is 1. The van der Waals surface area contributed by atoms with Gasteiger partial charge in [-0.05, 0) is 32.0 Å². The summed E-state index contributed by atoms with van der Waals surface area (Å²) in [5.74, 6) is 1.57. The number of ether oxygens (including phenoxy) is 2. The van der Waals surface area contributed by atoms with E-state index in [1.165, 1.54) is 0 Å². The van der Waals surface area contributed by atoms with Crippen LogP contribution in [-0.2, 0) is 7.05 Å². The lowest BCUT2D eigenvalue weighted by Crippen LogP contribution is -2.14. The Labute approximate surface area is 123 Å². The van der Waals surface area contributed by atoms with Crippen LogP contribution >= 0.6 is 0 Å². The maximum absolute atomic E-state index is 12.3. The Morgan fingerprint density at radius 1 is 1.33 bits per heavy atom. The summed E-state index contributed by atoms with van der Waals surface area (Å²) in [6.07, 6.45) is 0. The lowest BCUT2D eigenvalue weighted by Gasteiger charge is -2.11. The Hall–Kier alpha value is -2.50. The van der Waals surface area contributed by atoms with Crippen molar-refractivity contribution in [1.29, 1.82) is 0 Å². The zero-order valence-corrected chi connectivity index (χ0v) is 12.6. The number of hydrogen-bond acceptors (Lipinski definition) is 4. The monoisotopic (exact) mass is 289 g/mol. The maximum atomic E-state index is 12.3. The van der Waals surface area contributed by atoms with Crippen LogP contribution in [0.15, 0.2) is 24.3 Å². The lowest BCUT2D eigenvalue weighted by atomic mass is 10.2. The minimum atomic E-state index is -0.223. The number of hydrogen-bond donors (Lipinski definition) is 1. The second kappa shape index (κ2) is 6.30. The third kappa shape index (κ3) is 3.34. The van der Waals surface area contributed by atoms with Gasteiger partial charge in [0, 0.05) is 18.7 Å². The van der Waals surface area contributed by atoms with E-state index in [-0.39, 0.29) is 5.91 Å². The number of carbonyl (C=O) groups is 1. The molecule has 0 atom stereocenters. The molecule has 0 radical (unpaired) electrons. The van der Waals surface area contributed by atoms with Gasteiger partial charge in [0.25, 0.3) is 5.91 Å². The molecule has 0 aliphatic heterocycles. The van der Waals surface area contributed by atoms with Gasteiger partial charge in [0.1, 0.15) is 5.82 Å². The molecule has 21 heavy (non-hydrogen) atoms. The summed E-state index contributed by atoms with van der Waals surface area (Å²) in [5.41, 5.74) is 1.34. The van der Waals surface area contributed by atoms with Gasteiger partial charge in [-0.15, -0.1) is 0 Å². The number of rotatable bonds is 5. The normalized spacial score (nSPS) is 10.3. The molecule has 0 aliphatic carbocycles. The molecule has 112 valence electrons. The van der Waals surface area contributed by atoms with E-state index in [0.29, 0.717) is 29.5 Å². The summed E-state index contributed by atoms with van der Waals surface area (Å²) in [4.78, 5) is 12.3. The van der Waals surface area contributed by atoms with Crippen LogP contribution in [-0.4, -0.2) is 29.4 Å². The Balaban J connectivity index is 2.21. The Kier molecular flexibility index (Phi) is 4.47. The van der Waals surface area contributed by atoms with Gasteiger partial charge >= 0.3 is 0 Å². The Morgan fingerprint density at radius 2 is 2.10 bits per heavy atom. The van der Waals surface area contributed by atoms with E-state index in [1.54, 1.807) is 37.0 Å². The van der Waals surface area contributed by atoms with Gasteiger partial charge in [0.2, 0.25) is 0 Å². The van der Waals surface area contributed by atoms with Gasteiger partial charge in [-0.3, -0.25) is 9.48 Å². The molecule has 1 aromatic heterocycles. The fraction of sp³-hybridized carbons (Fsp3) is 0.333. The zero-order chi connectivity index (χ0) is 15.4. The van der Waals surface area contributed by atoms with Crippen molar-refractivity contribution in [2.75, 3.05) is 19.0 Å². The predicted molar refractivity (Wildman–Crippen MR) is 80.1 cm³/mol. The first-order valence-corrected chi connectivity index (χ1v) is 6.68. The average Bonchev–Trinajstić information content (AvgIpc) is 2.77. The summed E-state index contributed by atoms with van der Waals surface area (Å²) < 4.78 is 12.3. The molecule has 0 unspecified atom stereocenters. The highest BCUT2D eigenvalue weighted by Gasteiger charge is 2.13. The fourth-order valence-corrected chi connectivity index (χ4v) is 2.00. The maximum Gasteiger partial charge on any atom is 0.256 e. The molecule has 0 spiro atoms. The fourth-order valence-electron chi connectivity index (χ4n) is 2.00. The second-order valence-electron chi connectivity index (χ2n) is 4.55. The zero-order valence-electron chi connectivity index (χ0n) is 12.6. The van der Waals surface area contributed by atoms with Gasteiger partial charge in [-0.2, -0.15) is 5.10 Å². The molecule has 1 heterocycles. The highest BCUT2D eigenvalue weighted by atomic mass is 16.5. The van der Waals surface area contributed by atoms with Crippen molar-refractivity contribution in [3.63, 3.8) is 0 Å². The lowest BCUT2D eigenvalue weighted by molar-refractivity contribution is 0.102. The van der Waals surface area contributed by atoms with Crippen LogP contribution in [0.5, 0.6) is 11.5 Å². The molecular weight excluding hydrogens is 270 g/mol. The van der Waals surface area contributed by atoms with E-state index in [1.807, 2.05) is 19.9 Å². The average molecular weight is 289 g/mol. The summed E-state index contributed by atoms with van der Waals surface area (Å²) in [5, 5.41) is 7.00. The molecular formula is C15H19N3O3. The summed E-state index contributed by atoms with van der Waals surface area (Å²) >= 11 is 0. The first-order valence-electron chi connectivity index (χ1n) is 6.68. The minimum Gasteiger partial charge on any atom is -0.493 e. The number of anilines is 1. The third-order valence-corrected chi connectivity index (χ3v) is 2.97. The highest BCUT2D eigenvalue weighted by Crippen LogP contribution is 2.28. The quantitative estimate of drug-likeness (QED) is 0.918. The number of aromatic nitrogens is 2. The number of nitrogens with zero attached hydrogens (tertiary/aromatic N) is 2. The topological polar surface area (TPSA) is 65.4 Å². The Morgan fingerprint density at radius 3 is 2.67 bits per heavy atom. The van der Waals surface area contributed by atoms with Crippen LogP contribution in [0.4, 0.5) is 5.82 Å². The van der Waals surface area contributed by atoms with Crippen LogP contribution in [0.3, 0.4) is 0 Å². The standard InChI is InChI=1S/C15H19N3O3/c1-5-21-12-7-6-11(9-13(12)20-4)15(19)16-14-8-10(2)17-18(14)3/h6-9H,5H2,1-4H3,(H,16,19). The van der Waals surface area contributed by atoms with E-state index in [9.17, 15) is 4.79 Å². The number of benzene rings is 1. The molecule has 0 fully saturated rings.